The van der Waals surface area contributed by atoms with Gasteiger partial charge in [-0.05, 0) is 76.8 Å². The summed E-state index contributed by atoms with van der Waals surface area (Å²) >= 11 is 11.6. The summed E-state index contributed by atoms with van der Waals surface area (Å²) in [4.78, 5) is 25.2. The lowest BCUT2D eigenvalue weighted by molar-refractivity contribution is -0.132. The van der Waals surface area contributed by atoms with E-state index in [1.807, 2.05) is 53.4 Å². The summed E-state index contributed by atoms with van der Waals surface area (Å²) in [5.41, 5.74) is 4.10. The number of nitrogens with zero attached hydrogens (tertiary/aromatic N) is 1. The zero-order valence-corrected chi connectivity index (χ0v) is 26.2. The Morgan fingerprint density at radius 2 is 1.34 bits per heavy atom. The van der Waals surface area contributed by atoms with Gasteiger partial charge in [0.05, 0.1) is 7.11 Å². The van der Waals surface area contributed by atoms with Crippen molar-refractivity contribution in [2.45, 2.75) is 25.9 Å². The van der Waals surface area contributed by atoms with Crippen LogP contribution in [0.3, 0.4) is 0 Å². The fraction of sp³-hybridized carbons (Fsp3) is 0.189. The Balaban J connectivity index is 0.000000421. The van der Waals surface area contributed by atoms with Crippen molar-refractivity contribution in [1.29, 1.82) is 0 Å². The van der Waals surface area contributed by atoms with E-state index in [9.17, 15) is 9.59 Å². The second-order valence-corrected chi connectivity index (χ2v) is 11.2. The average Bonchev–Trinajstić information content (AvgIpc) is 3.06. The van der Waals surface area contributed by atoms with Gasteiger partial charge in [-0.3, -0.25) is 9.59 Å². The maximum Gasteiger partial charge on any atom is 0.224 e. The lowest BCUT2D eigenvalue weighted by Gasteiger charge is -2.23. The molecule has 5 aromatic carbocycles. The van der Waals surface area contributed by atoms with Crippen molar-refractivity contribution in [2.24, 2.45) is 0 Å². The molecule has 226 valence electrons. The Labute approximate surface area is 269 Å². The monoisotopic (exact) mass is 626 g/mol. The van der Waals surface area contributed by atoms with E-state index in [1.165, 1.54) is 16.3 Å². The molecule has 0 saturated heterocycles. The van der Waals surface area contributed by atoms with Crippen molar-refractivity contribution in [1.82, 2.24) is 10.2 Å². The third kappa shape index (κ3) is 10.2. The van der Waals surface area contributed by atoms with Crippen LogP contribution in [0.15, 0.2) is 115 Å². The van der Waals surface area contributed by atoms with E-state index in [0.717, 1.165) is 36.1 Å². The Hall–Kier alpha value is -4.16. The standard InChI is InChI=1S/C30H31ClN2O2.C7H5ClO/c1-35-28-15-11-24(12-16-28)22-33(21-23-9-13-27(31)14-10-23)30(34)18-20-32-19-17-26-7-4-6-25-5-2-3-8-29(25)26;8-7-3-1-6(5-9)2-4-7/h2-16,32H,17-22H2,1H3;1-5H. The first-order valence-electron chi connectivity index (χ1n) is 14.5. The molecule has 0 heterocycles. The number of rotatable bonds is 12. The number of ether oxygens (including phenoxy) is 1. The summed E-state index contributed by atoms with van der Waals surface area (Å²) in [6, 6.07) is 37.1. The molecule has 0 spiro atoms. The molecular formula is C37H36Cl2N2O3. The maximum absolute atomic E-state index is 13.2. The van der Waals surface area contributed by atoms with Gasteiger partial charge in [0.15, 0.2) is 0 Å². The highest BCUT2D eigenvalue weighted by Gasteiger charge is 2.15. The normalized spacial score (nSPS) is 10.5. The first-order valence-corrected chi connectivity index (χ1v) is 15.2. The lowest BCUT2D eigenvalue weighted by Crippen LogP contribution is -2.33. The van der Waals surface area contributed by atoms with Crippen LogP contribution >= 0.6 is 23.2 Å². The third-order valence-corrected chi connectivity index (χ3v) is 7.65. The predicted octanol–water partition coefficient (Wildman–Crippen LogP) is 8.41. The molecule has 5 aromatic rings. The van der Waals surface area contributed by atoms with E-state index in [2.05, 4.69) is 47.8 Å². The van der Waals surface area contributed by atoms with Gasteiger partial charge in [0, 0.05) is 41.7 Å². The molecule has 0 aliphatic rings. The average molecular weight is 628 g/mol. The molecule has 1 amide bonds. The minimum absolute atomic E-state index is 0.119. The zero-order chi connectivity index (χ0) is 31.1. The number of hydrogen-bond acceptors (Lipinski definition) is 4. The van der Waals surface area contributed by atoms with Crippen molar-refractivity contribution in [3.63, 3.8) is 0 Å². The van der Waals surface area contributed by atoms with Crippen molar-refractivity contribution in [3.05, 3.63) is 148 Å². The molecule has 0 aromatic heterocycles. The highest BCUT2D eigenvalue weighted by atomic mass is 35.5. The van der Waals surface area contributed by atoms with Crippen LogP contribution in [0, 0.1) is 0 Å². The molecular weight excluding hydrogens is 591 g/mol. The number of nitrogens with one attached hydrogen (secondary N) is 1. The van der Waals surface area contributed by atoms with Crippen LogP contribution in [-0.2, 0) is 24.3 Å². The van der Waals surface area contributed by atoms with Crippen LogP contribution in [-0.4, -0.2) is 37.3 Å². The molecule has 0 fully saturated rings. The molecule has 0 aliphatic heterocycles. The van der Waals surface area contributed by atoms with E-state index < -0.39 is 0 Å². The van der Waals surface area contributed by atoms with Gasteiger partial charge in [0.1, 0.15) is 12.0 Å². The smallest absolute Gasteiger partial charge is 0.224 e. The van der Waals surface area contributed by atoms with Crippen LogP contribution in [0.1, 0.15) is 33.5 Å². The number of fused-ring (bicyclic) bond motifs is 1. The number of benzene rings is 5. The summed E-state index contributed by atoms with van der Waals surface area (Å²) < 4.78 is 5.26. The fourth-order valence-corrected chi connectivity index (χ4v) is 5.00. The van der Waals surface area contributed by atoms with Gasteiger partial charge >= 0.3 is 0 Å². The van der Waals surface area contributed by atoms with E-state index in [0.29, 0.717) is 41.7 Å². The Kier molecular flexibility index (Phi) is 12.8. The van der Waals surface area contributed by atoms with Gasteiger partial charge in [0.25, 0.3) is 0 Å². The molecule has 5 rings (SSSR count). The number of carbonyl (C=O) groups is 2. The molecule has 44 heavy (non-hydrogen) atoms. The van der Waals surface area contributed by atoms with Crippen molar-refractivity contribution < 1.29 is 14.3 Å². The van der Waals surface area contributed by atoms with E-state index >= 15 is 0 Å². The van der Waals surface area contributed by atoms with Gasteiger partial charge in [-0.25, -0.2) is 0 Å². The van der Waals surface area contributed by atoms with Crippen LogP contribution in [0.5, 0.6) is 5.75 Å². The third-order valence-electron chi connectivity index (χ3n) is 7.14. The number of carbonyl (C=O) groups excluding carboxylic acids is 2. The van der Waals surface area contributed by atoms with Gasteiger partial charge in [-0.2, -0.15) is 0 Å². The summed E-state index contributed by atoms with van der Waals surface area (Å²) in [7, 11) is 1.65. The van der Waals surface area contributed by atoms with E-state index in [1.54, 1.807) is 31.4 Å². The summed E-state index contributed by atoms with van der Waals surface area (Å²) in [5.74, 6) is 0.924. The minimum Gasteiger partial charge on any atom is -0.497 e. The number of amides is 1. The first-order chi connectivity index (χ1) is 21.4. The first kappa shape index (κ1) is 32.7. The second kappa shape index (κ2) is 17.2. The van der Waals surface area contributed by atoms with Crippen LogP contribution < -0.4 is 10.1 Å². The SMILES string of the molecule is COc1ccc(CN(Cc2ccc(Cl)cc2)C(=O)CCNCCc2cccc3ccccc23)cc1.O=Cc1ccc(Cl)cc1. The minimum atomic E-state index is 0.119. The Morgan fingerprint density at radius 3 is 1.98 bits per heavy atom. The highest BCUT2D eigenvalue weighted by Crippen LogP contribution is 2.19. The largest absolute Gasteiger partial charge is 0.497 e. The molecule has 7 heteroatoms. The molecule has 5 nitrogen and oxygen atoms in total. The fourth-order valence-electron chi connectivity index (χ4n) is 4.75. The van der Waals surface area contributed by atoms with Crippen molar-refractivity contribution >= 4 is 46.2 Å². The van der Waals surface area contributed by atoms with E-state index in [4.69, 9.17) is 27.9 Å². The molecule has 0 unspecified atom stereocenters. The number of hydrogen-bond donors (Lipinski definition) is 1. The second-order valence-electron chi connectivity index (χ2n) is 10.3. The summed E-state index contributed by atoms with van der Waals surface area (Å²) in [6.07, 6.45) is 2.16. The number of halogens is 2. The van der Waals surface area contributed by atoms with Crippen LogP contribution in [0.25, 0.3) is 10.8 Å². The number of aldehydes is 1. The van der Waals surface area contributed by atoms with Gasteiger partial charge in [-0.1, -0.05) is 102 Å². The molecule has 0 atom stereocenters. The highest BCUT2D eigenvalue weighted by molar-refractivity contribution is 6.30. The van der Waals surface area contributed by atoms with Gasteiger partial charge < -0.3 is 15.0 Å². The molecule has 1 N–H and O–H groups in total. The predicted molar refractivity (Wildman–Crippen MR) is 181 cm³/mol. The van der Waals surface area contributed by atoms with E-state index in [-0.39, 0.29) is 5.91 Å². The van der Waals surface area contributed by atoms with Crippen molar-refractivity contribution in [3.8, 4) is 5.75 Å². The summed E-state index contributed by atoms with van der Waals surface area (Å²) in [5, 5.41) is 7.35. The Bertz CT molecular complexity index is 1620. The molecule has 0 aliphatic carbocycles. The summed E-state index contributed by atoms with van der Waals surface area (Å²) in [6.45, 7) is 2.56. The van der Waals surface area contributed by atoms with Gasteiger partial charge in [-0.15, -0.1) is 0 Å². The topological polar surface area (TPSA) is 58.6 Å². The quantitative estimate of drug-likeness (QED) is 0.112. The van der Waals surface area contributed by atoms with Crippen LogP contribution in [0.2, 0.25) is 10.0 Å². The van der Waals surface area contributed by atoms with Gasteiger partial charge in [0.2, 0.25) is 5.91 Å². The molecule has 0 radical (unpaired) electrons. The number of methoxy groups -OCH3 is 1. The molecule has 0 bridgehead atoms. The van der Waals surface area contributed by atoms with Crippen molar-refractivity contribution in [2.75, 3.05) is 20.2 Å². The Morgan fingerprint density at radius 1 is 0.750 bits per heavy atom. The molecule has 0 saturated carbocycles. The maximum atomic E-state index is 13.2. The zero-order valence-electron chi connectivity index (χ0n) is 24.7. The van der Waals surface area contributed by atoms with Crippen LogP contribution in [0.4, 0.5) is 0 Å². The lowest BCUT2D eigenvalue weighted by atomic mass is 10.0.